The van der Waals surface area contributed by atoms with Crippen LogP contribution < -0.4 is 5.32 Å². The van der Waals surface area contributed by atoms with Gasteiger partial charge in [-0.15, -0.1) is 0 Å². The molecule has 0 aliphatic carbocycles. The number of hydrogen-bond donors (Lipinski definition) is 1. The van der Waals surface area contributed by atoms with Crippen LogP contribution in [0.4, 0.5) is 5.69 Å². The van der Waals surface area contributed by atoms with E-state index in [0.29, 0.717) is 15.7 Å². The minimum Gasteiger partial charge on any atom is -0.322 e. The van der Waals surface area contributed by atoms with Crippen molar-refractivity contribution < 1.29 is 4.79 Å². The van der Waals surface area contributed by atoms with Gasteiger partial charge in [0.1, 0.15) is 5.15 Å². The van der Waals surface area contributed by atoms with E-state index >= 15 is 0 Å². The second-order valence-electron chi connectivity index (χ2n) is 5.17. The molecule has 0 saturated carbocycles. The van der Waals surface area contributed by atoms with Gasteiger partial charge < -0.3 is 5.32 Å². The summed E-state index contributed by atoms with van der Waals surface area (Å²) >= 11 is 11.9. The molecule has 110 valence electrons. The Morgan fingerprint density at radius 1 is 1.19 bits per heavy atom. The predicted molar refractivity (Wildman–Crippen MR) is 87.5 cm³/mol. The quantitative estimate of drug-likeness (QED) is 0.801. The number of nitrogens with one attached hydrogen (secondary N) is 1. The minimum absolute atomic E-state index is 0.201. The molecule has 0 unspecified atom stereocenters. The van der Waals surface area contributed by atoms with E-state index < -0.39 is 0 Å². The molecule has 2 rings (SSSR count). The van der Waals surface area contributed by atoms with Crippen molar-refractivity contribution in [3.05, 3.63) is 57.3 Å². The van der Waals surface area contributed by atoms with Crippen LogP contribution >= 0.6 is 23.2 Å². The van der Waals surface area contributed by atoms with Crippen molar-refractivity contribution in [1.82, 2.24) is 4.98 Å². The zero-order valence-corrected chi connectivity index (χ0v) is 13.6. The van der Waals surface area contributed by atoms with E-state index in [1.165, 1.54) is 0 Å². The lowest BCUT2D eigenvalue weighted by molar-refractivity contribution is 0.102. The van der Waals surface area contributed by atoms with E-state index in [2.05, 4.69) is 10.3 Å². The highest BCUT2D eigenvalue weighted by molar-refractivity contribution is 6.31. The maximum absolute atomic E-state index is 12.3. The fourth-order valence-corrected chi connectivity index (χ4v) is 2.35. The van der Waals surface area contributed by atoms with Gasteiger partial charge in [-0.2, -0.15) is 0 Å². The first-order chi connectivity index (χ1) is 9.86. The zero-order chi connectivity index (χ0) is 15.6. The molecule has 0 bridgehead atoms. The fraction of sp³-hybridized carbons (Fsp3) is 0.250. The van der Waals surface area contributed by atoms with Crippen molar-refractivity contribution in [3.63, 3.8) is 0 Å². The summed E-state index contributed by atoms with van der Waals surface area (Å²) in [6, 6.07) is 8.65. The summed E-state index contributed by atoms with van der Waals surface area (Å²) in [5.74, 6) is -0.0147. The lowest BCUT2D eigenvalue weighted by Gasteiger charge is -2.11. The maximum Gasteiger partial charge on any atom is 0.255 e. The van der Waals surface area contributed by atoms with Gasteiger partial charge in [-0.05, 0) is 48.7 Å². The lowest BCUT2D eigenvalue weighted by Crippen LogP contribution is -2.13. The molecule has 2 aromatic rings. The van der Waals surface area contributed by atoms with E-state index in [1.54, 1.807) is 30.3 Å². The molecule has 0 aliphatic rings. The standard InChI is InChI=1S/C16H16Cl2N2O/c1-9(2)14-7-11(8-15(18)19-14)16(21)20-13-5-4-12(17)6-10(13)3/h4-9H,1-3H3,(H,20,21). The molecule has 1 aromatic heterocycles. The highest BCUT2D eigenvalue weighted by Crippen LogP contribution is 2.22. The number of aromatic nitrogens is 1. The van der Waals surface area contributed by atoms with Crippen molar-refractivity contribution in [2.45, 2.75) is 26.7 Å². The second-order valence-corrected chi connectivity index (χ2v) is 6.00. The molecule has 0 fully saturated rings. The Morgan fingerprint density at radius 3 is 2.52 bits per heavy atom. The summed E-state index contributed by atoms with van der Waals surface area (Å²) in [5.41, 5.74) is 2.91. The Morgan fingerprint density at radius 2 is 1.90 bits per heavy atom. The Labute approximate surface area is 134 Å². The average Bonchev–Trinajstić information content (AvgIpc) is 2.41. The molecular weight excluding hydrogens is 307 g/mol. The summed E-state index contributed by atoms with van der Waals surface area (Å²) < 4.78 is 0. The maximum atomic E-state index is 12.3. The number of anilines is 1. The van der Waals surface area contributed by atoms with E-state index in [4.69, 9.17) is 23.2 Å². The number of benzene rings is 1. The van der Waals surface area contributed by atoms with Crippen LogP contribution in [0.15, 0.2) is 30.3 Å². The van der Waals surface area contributed by atoms with Crippen LogP contribution in [0.25, 0.3) is 0 Å². The van der Waals surface area contributed by atoms with Gasteiger partial charge in [0, 0.05) is 22.0 Å². The summed E-state index contributed by atoms with van der Waals surface area (Å²) in [6.07, 6.45) is 0. The van der Waals surface area contributed by atoms with Crippen LogP contribution in [0.2, 0.25) is 10.2 Å². The number of rotatable bonds is 3. The van der Waals surface area contributed by atoms with Crippen LogP contribution in [0, 0.1) is 6.92 Å². The number of aryl methyl sites for hydroxylation is 1. The van der Waals surface area contributed by atoms with Crippen molar-refractivity contribution in [1.29, 1.82) is 0 Å². The fourth-order valence-electron chi connectivity index (χ4n) is 1.91. The molecular formula is C16H16Cl2N2O. The molecule has 0 saturated heterocycles. The SMILES string of the molecule is Cc1cc(Cl)ccc1NC(=O)c1cc(Cl)nc(C(C)C)c1. The Hall–Kier alpha value is -1.58. The van der Waals surface area contributed by atoms with E-state index in [0.717, 1.165) is 16.9 Å². The van der Waals surface area contributed by atoms with Gasteiger partial charge in [0.05, 0.1) is 0 Å². The molecule has 1 aromatic carbocycles. The number of carbonyl (C=O) groups excluding carboxylic acids is 1. The molecule has 1 amide bonds. The topological polar surface area (TPSA) is 42.0 Å². The zero-order valence-electron chi connectivity index (χ0n) is 12.1. The first kappa shape index (κ1) is 15.8. The van der Waals surface area contributed by atoms with Gasteiger partial charge in [-0.25, -0.2) is 4.98 Å². The smallest absolute Gasteiger partial charge is 0.255 e. The molecule has 21 heavy (non-hydrogen) atoms. The third-order valence-electron chi connectivity index (χ3n) is 3.10. The third kappa shape index (κ3) is 3.96. The predicted octanol–water partition coefficient (Wildman–Crippen LogP) is 5.07. The summed E-state index contributed by atoms with van der Waals surface area (Å²) in [4.78, 5) is 16.6. The van der Waals surface area contributed by atoms with Crippen molar-refractivity contribution >= 4 is 34.8 Å². The van der Waals surface area contributed by atoms with Gasteiger partial charge in [-0.1, -0.05) is 37.0 Å². The highest BCUT2D eigenvalue weighted by Gasteiger charge is 2.12. The monoisotopic (exact) mass is 322 g/mol. The Bertz CT molecular complexity index is 684. The van der Waals surface area contributed by atoms with Crippen LogP contribution in [-0.2, 0) is 0 Å². The van der Waals surface area contributed by atoms with E-state index in [-0.39, 0.29) is 11.8 Å². The van der Waals surface area contributed by atoms with Crippen molar-refractivity contribution in [2.24, 2.45) is 0 Å². The Balaban J connectivity index is 2.28. The molecule has 1 heterocycles. The van der Waals surface area contributed by atoms with Gasteiger partial charge in [0.15, 0.2) is 0 Å². The highest BCUT2D eigenvalue weighted by atomic mass is 35.5. The summed E-state index contributed by atoms with van der Waals surface area (Å²) in [6.45, 7) is 5.90. The van der Waals surface area contributed by atoms with Gasteiger partial charge in [0.25, 0.3) is 5.91 Å². The number of nitrogens with zero attached hydrogens (tertiary/aromatic N) is 1. The van der Waals surface area contributed by atoms with Crippen LogP contribution in [-0.4, -0.2) is 10.9 Å². The van der Waals surface area contributed by atoms with E-state index in [9.17, 15) is 4.79 Å². The van der Waals surface area contributed by atoms with Crippen LogP contribution in [0.5, 0.6) is 0 Å². The molecule has 0 aliphatic heterocycles. The first-order valence-electron chi connectivity index (χ1n) is 6.62. The molecule has 3 nitrogen and oxygen atoms in total. The Kier molecular flexibility index (Phi) is 4.86. The number of pyridine rings is 1. The largest absolute Gasteiger partial charge is 0.322 e. The number of hydrogen-bond acceptors (Lipinski definition) is 2. The summed E-state index contributed by atoms with van der Waals surface area (Å²) in [7, 11) is 0. The number of halogens is 2. The molecule has 0 spiro atoms. The molecule has 0 atom stereocenters. The van der Waals surface area contributed by atoms with Crippen molar-refractivity contribution in [2.75, 3.05) is 5.32 Å². The van der Waals surface area contributed by atoms with Gasteiger partial charge in [0.2, 0.25) is 0 Å². The third-order valence-corrected chi connectivity index (χ3v) is 3.53. The number of amides is 1. The van der Waals surface area contributed by atoms with E-state index in [1.807, 2.05) is 20.8 Å². The first-order valence-corrected chi connectivity index (χ1v) is 7.37. The van der Waals surface area contributed by atoms with Crippen molar-refractivity contribution in [3.8, 4) is 0 Å². The second kappa shape index (κ2) is 6.46. The lowest BCUT2D eigenvalue weighted by atomic mass is 10.1. The minimum atomic E-state index is -0.216. The number of carbonyl (C=O) groups is 1. The molecule has 0 radical (unpaired) electrons. The van der Waals surface area contributed by atoms with Gasteiger partial charge >= 0.3 is 0 Å². The van der Waals surface area contributed by atoms with Crippen LogP contribution in [0.1, 0.15) is 41.4 Å². The average molecular weight is 323 g/mol. The molecule has 1 N–H and O–H groups in total. The van der Waals surface area contributed by atoms with Crippen LogP contribution in [0.3, 0.4) is 0 Å². The van der Waals surface area contributed by atoms with Gasteiger partial charge in [-0.3, -0.25) is 4.79 Å². The molecule has 5 heteroatoms. The summed E-state index contributed by atoms with van der Waals surface area (Å²) in [5, 5.41) is 3.82. The normalized spacial score (nSPS) is 10.8.